The van der Waals surface area contributed by atoms with Crippen LogP contribution >= 0.6 is 11.6 Å². The molecule has 5 rings (SSSR count). The van der Waals surface area contributed by atoms with Crippen LogP contribution < -0.4 is 15.0 Å². The summed E-state index contributed by atoms with van der Waals surface area (Å²) in [6.45, 7) is 8.39. The molecule has 2 heterocycles. The Bertz CT molecular complexity index is 1680. The van der Waals surface area contributed by atoms with Crippen molar-refractivity contribution in [1.29, 1.82) is 0 Å². The van der Waals surface area contributed by atoms with Gasteiger partial charge in [0.05, 0.1) is 23.3 Å². The van der Waals surface area contributed by atoms with Gasteiger partial charge in [0.25, 0.3) is 5.56 Å². The summed E-state index contributed by atoms with van der Waals surface area (Å²) in [6, 6.07) is 16.6. The summed E-state index contributed by atoms with van der Waals surface area (Å²) < 4.78 is 19.4. The van der Waals surface area contributed by atoms with Crippen LogP contribution in [0, 0.1) is 6.92 Å². The van der Waals surface area contributed by atoms with Gasteiger partial charge in [-0.3, -0.25) is 4.79 Å². The Labute approximate surface area is 244 Å². The molecule has 1 aliphatic rings. The normalized spacial score (nSPS) is 13.9. The molecule has 214 valence electrons. The highest BCUT2D eigenvalue weighted by molar-refractivity contribution is 6.30. The third kappa shape index (κ3) is 5.83. The molecule has 0 spiro atoms. The van der Waals surface area contributed by atoms with Crippen LogP contribution in [0.4, 0.5) is 0 Å². The van der Waals surface area contributed by atoms with E-state index < -0.39 is 17.7 Å². The number of rotatable bonds is 7. The van der Waals surface area contributed by atoms with Crippen molar-refractivity contribution in [2.75, 3.05) is 6.61 Å². The Morgan fingerprint density at radius 3 is 2.51 bits per heavy atom. The second-order valence-electron chi connectivity index (χ2n) is 11.4. The Morgan fingerprint density at radius 1 is 1.10 bits per heavy atom. The molecule has 1 aromatic heterocycles. The minimum atomic E-state index is -1.38. The van der Waals surface area contributed by atoms with Crippen molar-refractivity contribution in [3.63, 3.8) is 0 Å². The number of benzene rings is 3. The number of carbonyl (C=O) groups is 1. The van der Waals surface area contributed by atoms with Crippen LogP contribution in [-0.4, -0.2) is 27.9 Å². The van der Waals surface area contributed by atoms with Crippen molar-refractivity contribution in [2.45, 2.75) is 58.8 Å². The van der Waals surface area contributed by atoms with E-state index in [-0.39, 0.29) is 5.56 Å². The molecule has 0 saturated carbocycles. The van der Waals surface area contributed by atoms with Crippen LogP contribution in [0.2, 0.25) is 5.02 Å². The molecule has 1 aliphatic heterocycles. The monoisotopic (exact) mass is 575 g/mol. The number of ether oxygens (including phenoxy) is 3. The molecule has 8 heteroatoms. The van der Waals surface area contributed by atoms with Gasteiger partial charge in [0.1, 0.15) is 18.1 Å². The van der Waals surface area contributed by atoms with Gasteiger partial charge in [0.2, 0.25) is 0 Å². The minimum Gasteiger partial charge on any atom is -0.493 e. The van der Waals surface area contributed by atoms with Crippen LogP contribution in [0.1, 0.15) is 55.7 Å². The molecule has 1 atom stereocenters. The van der Waals surface area contributed by atoms with E-state index in [1.54, 1.807) is 46.0 Å². The summed E-state index contributed by atoms with van der Waals surface area (Å²) in [6.07, 6.45) is 0.384. The first kappa shape index (κ1) is 28.7. The molecule has 3 aromatic carbocycles. The molecular weight excluding hydrogens is 542 g/mol. The Morgan fingerprint density at radius 2 is 1.83 bits per heavy atom. The predicted octanol–water partition coefficient (Wildman–Crippen LogP) is 7.01. The van der Waals surface area contributed by atoms with E-state index in [1.807, 2.05) is 43.3 Å². The van der Waals surface area contributed by atoms with Gasteiger partial charge < -0.3 is 23.9 Å². The summed E-state index contributed by atoms with van der Waals surface area (Å²) in [5, 5.41) is 12.1. The molecule has 0 amide bonds. The van der Waals surface area contributed by atoms with E-state index in [4.69, 9.17) is 25.8 Å². The van der Waals surface area contributed by atoms with Crippen molar-refractivity contribution in [3.05, 3.63) is 92.4 Å². The highest BCUT2D eigenvalue weighted by Gasteiger charge is 2.34. The van der Waals surface area contributed by atoms with Gasteiger partial charge in [-0.1, -0.05) is 29.8 Å². The number of hydrogen-bond acceptors (Lipinski definition) is 5. The smallest absolute Gasteiger partial charge is 0.339 e. The fourth-order valence-electron chi connectivity index (χ4n) is 5.40. The Kier molecular flexibility index (Phi) is 7.86. The van der Waals surface area contributed by atoms with Crippen molar-refractivity contribution in [3.8, 4) is 22.6 Å². The third-order valence-corrected chi connectivity index (χ3v) is 7.58. The number of nitrogens with zero attached hydrogens (tertiary/aromatic N) is 1. The summed E-state index contributed by atoms with van der Waals surface area (Å²) in [4.78, 5) is 26.5. The number of hydrogen-bond donors (Lipinski definition) is 1. The van der Waals surface area contributed by atoms with Gasteiger partial charge in [-0.2, -0.15) is 0 Å². The molecule has 0 bridgehead atoms. The Balaban J connectivity index is 1.73. The zero-order chi connectivity index (χ0) is 29.5. The lowest BCUT2D eigenvalue weighted by molar-refractivity contribution is -0.161. The van der Waals surface area contributed by atoms with E-state index in [0.717, 1.165) is 40.8 Å². The fraction of sp³-hybridized carbons (Fsp3) is 0.333. The van der Waals surface area contributed by atoms with Gasteiger partial charge in [-0.05, 0) is 105 Å². The van der Waals surface area contributed by atoms with E-state index in [2.05, 4.69) is 0 Å². The van der Waals surface area contributed by atoms with E-state index in [0.29, 0.717) is 46.0 Å². The number of fused-ring (bicyclic) bond motifs is 2. The molecule has 0 radical (unpaired) electrons. The van der Waals surface area contributed by atoms with Crippen molar-refractivity contribution in [2.24, 2.45) is 7.05 Å². The lowest BCUT2D eigenvalue weighted by Gasteiger charge is -2.29. The highest BCUT2D eigenvalue weighted by Crippen LogP contribution is 2.42. The summed E-state index contributed by atoms with van der Waals surface area (Å²) in [7, 11) is 1.60. The molecule has 0 aliphatic carbocycles. The maximum absolute atomic E-state index is 13.8. The quantitative estimate of drug-likeness (QED) is 0.255. The average molecular weight is 576 g/mol. The van der Waals surface area contributed by atoms with Gasteiger partial charge in [0.15, 0.2) is 6.10 Å². The second-order valence-corrected chi connectivity index (χ2v) is 11.8. The highest BCUT2D eigenvalue weighted by atomic mass is 35.5. The molecule has 7 nitrogen and oxygen atoms in total. The molecule has 0 fully saturated rings. The first-order valence-corrected chi connectivity index (χ1v) is 14.0. The second kappa shape index (κ2) is 11.2. The number of aliphatic carboxylic acids is 1. The van der Waals surface area contributed by atoms with Crippen molar-refractivity contribution in [1.82, 2.24) is 4.57 Å². The summed E-state index contributed by atoms with van der Waals surface area (Å²) >= 11 is 6.00. The largest absolute Gasteiger partial charge is 0.493 e. The molecule has 41 heavy (non-hydrogen) atoms. The third-order valence-electron chi connectivity index (χ3n) is 7.33. The SMILES string of the molecule is Cc1c(-c2c(C(OC(C)(C)C)C(=O)O)n(C)c(=O)c3cc(OCc4ccc(Cl)cc4)ccc23)ccc2c1CCCO2. The first-order valence-electron chi connectivity index (χ1n) is 13.6. The van der Waals surface area contributed by atoms with Gasteiger partial charge >= 0.3 is 5.97 Å². The zero-order valence-corrected chi connectivity index (χ0v) is 24.7. The zero-order valence-electron chi connectivity index (χ0n) is 23.9. The van der Waals surface area contributed by atoms with Gasteiger partial charge in [-0.25, -0.2) is 4.79 Å². The van der Waals surface area contributed by atoms with Crippen LogP contribution in [0.3, 0.4) is 0 Å². The molecule has 1 unspecified atom stereocenters. The van der Waals surface area contributed by atoms with Crippen LogP contribution in [0.5, 0.6) is 11.5 Å². The molecule has 0 saturated heterocycles. The molecular formula is C33H34ClNO6. The van der Waals surface area contributed by atoms with Crippen LogP contribution in [0.15, 0.2) is 59.4 Å². The standard InChI is InChI=1S/C33H34ClNO6/c1-19-23-7-6-16-39-27(23)15-14-24(19)28-25-13-12-22(40-18-20-8-10-21(34)11-9-20)17-26(25)31(36)35(5)29(28)30(32(37)38)41-33(2,3)4/h8-15,17,30H,6-7,16,18H2,1-5H3,(H,37,38). The summed E-state index contributed by atoms with van der Waals surface area (Å²) in [5.41, 5.74) is 3.69. The first-order chi connectivity index (χ1) is 19.4. The number of carboxylic acid groups (broad SMARTS) is 1. The summed E-state index contributed by atoms with van der Waals surface area (Å²) in [5.74, 6) is 0.198. The van der Waals surface area contributed by atoms with Crippen LogP contribution in [-0.2, 0) is 29.6 Å². The van der Waals surface area contributed by atoms with Gasteiger partial charge in [-0.15, -0.1) is 0 Å². The van der Waals surface area contributed by atoms with E-state index in [9.17, 15) is 14.7 Å². The number of halogens is 1. The van der Waals surface area contributed by atoms with Crippen LogP contribution in [0.25, 0.3) is 21.9 Å². The van der Waals surface area contributed by atoms with E-state index >= 15 is 0 Å². The predicted molar refractivity (Wildman–Crippen MR) is 160 cm³/mol. The van der Waals surface area contributed by atoms with Gasteiger partial charge in [0, 0.05) is 17.6 Å². The minimum absolute atomic E-state index is 0.291. The molecule has 4 aromatic rings. The lowest BCUT2D eigenvalue weighted by atomic mass is 9.88. The topological polar surface area (TPSA) is 87.0 Å². The van der Waals surface area contributed by atoms with Crippen molar-refractivity contribution >= 4 is 28.3 Å². The van der Waals surface area contributed by atoms with Crippen molar-refractivity contribution < 1.29 is 24.1 Å². The fourth-order valence-corrected chi connectivity index (χ4v) is 5.52. The lowest BCUT2D eigenvalue weighted by Crippen LogP contribution is -2.33. The van der Waals surface area contributed by atoms with E-state index in [1.165, 1.54) is 4.57 Å². The maximum atomic E-state index is 13.8. The maximum Gasteiger partial charge on any atom is 0.339 e. The number of carboxylic acids is 1. The number of aromatic nitrogens is 1. The Hall–Kier alpha value is -3.81. The molecule has 1 N–H and O–H groups in total. The number of pyridine rings is 1. The average Bonchev–Trinajstić information content (AvgIpc) is 2.93.